The van der Waals surface area contributed by atoms with Crippen molar-refractivity contribution in [2.24, 2.45) is 5.41 Å². The van der Waals surface area contributed by atoms with Gasteiger partial charge in [0.1, 0.15) is 5.58 Å². The molecule has 31 heavy (non-hydrogen) atoms. The minimum Gasteiger partial charge on any atom is -0.423 e. The molecule has 6 heteroatoms. The Morgan fingerprint density at radius 3 is 2.23 bits per heavy atom. The van der Waals surface area contributed by atoms with Crippen LogP contribution in [0, 0.1) is 12.3 Å². The molecule has 0 aliphatic rings. The van der Waals surface area contributed by atoms with Crippen molar-refractivity contribution in [2.45, 2.75) is 47.0 Å². The average Bonchev–Trinajstić information content (AvgIpc) is 2.65. The van der Waals surface area contributed by atoms with E-state index in [4.69, 9.17) is 4.42 Å². The summed E-state index contributed by atoms with van der Waals surface area (Å²) in [5, 5.41) is 6.58. The van der Waals surface area contributed by atoms with Crippen molar-refractivity contribution in [1.82, 2.24) is 0 Å². The number of carbonyl (C=O) groups excluding carboxylic acids is 2. The van der Waals surface area contributed by atoms with E-state index in [9.17, 15) is 14.4 Å². The molecule has 0 spiro atoms. The van der Waals surface area contributed by atoms with Crippen LogP contribution in [0.2, 0.25) is 0 Å². The Morgan fingerprint density at radius 2 is 1.55 bits per heavy atom. The molecule has 6 nitrogen and oxygen atoms in total. The number of benzene rings is 2. The average molecular weight is 421 g/mol. The highest BCUT2D eigenvalue weighted by molar-refractivity contribution is 5.94. The van der Waals surface area contributed by atoms with E-state index in [1.54, 1.807) is 12.1 Å². The first kappa shape index (κ1) is 22.3. The second kappa shape index (κ2) is 9.16. The van der Waals surface area contributed by atoms with Gasteiger partial charge in [0, 0.05) is 41.7 Å². The van der Waals surface area contributed by atoms with Gasteiger partial charge in [-0.05, 0) is 54.2 Å². The quantitative estimate of drug-likeness (QED) is 0.546. The molecule has 0 unspecified atom stereocenters. The Hall–Kier alpha value is -3.41. The van der Waals surface area contributed by atoms with Crippen molar-refractivity contribution in [1.29, 1.82) is 0 Å². The Morgan fingerprint density at radius 1 is 0.903 bits per heavy atom. The van der Waals surface area contributed by atoms with Gasteiger partial charge in [-0.1, -0.05) is 32.9 Å². The molecule has 0 saturated carbocycles. The lowest BCUT2D eigenvalue weighted by Crippen LogP contribution is -2.19. The first-order valence-electron chi connectivity index (χ1n) is 10.3. The zero-order valence-electron chi connectivity index (χ0n) is 18.4. The van der Waals surface area contributed by atoms with E-state index < -0.39 is 5.63 Å². The maximum atomic E-state index is 12.3. The summed E-state index contributed by atoms with van der Waals surface area (Å²) in [5.74, 6) is -0.141. The van der Waals surface area contributed by atoms with Crippen LogP contribution >= 0.6 is 0 Å². The molecule has 1 aromatic heterocycles. The third-order valence-electron chi connectivity index (χ3n) is 4.80. The number of carbonyl (C=O) groups is 2. The zero-order valence-corrected chi connectivity index (χ0v) is 18.4. The fourth-order valence-electron chi connectivity index (χ4n) is 3.33. The van der Waals surface area contributed by atoms with Crippen LogP contribution in [0.15, 0.2) is 57.7 Å². The van der Waals surface area contributed by atoms with Gasteiger partial charge in [-0.2, -0.15) is 0 Å². The molecule has 162 valence electrons. The summed E-state index contributed by atoms with van der Waals surface area (Å²) >= 11 is 0. The molecular weight excluding hydrogens is 392 g/mol. The van der Waals surface area contributed by atoms with Gasteiger partial charge in [0.25, 0.3) is 0 Å². The van der Waals surface area contributed by atoms with Crippen molar-refractivity contribution >= 4 is 34.2 Å². The van der Waals surface area contributed by atoms with Crippen LogP contribution in [0.4, 0.5) is 11.4 Å². The molecule has 2 aromatic carbocycles. The largest absolute Gasteiger partial charge is 0.423 e. The lowest BCUT2D eigenvalue weighted by Gasteiger charge is -2.17. The monoisotopic (exact) mass is 420 g/mol. The molecular formula is C25H28N2O4. The summed E-state index contributed by atoms with van der Waals surface area (Å²) in [6, 6.07) is 14.3. The second-order valence-electron chi connectivity index (χ2n) is 8.99. The molecule has 0 atom stereocenters. The molecule has 0 radical (unpaired) electrons. The van der Waals surface area contributed by atoms with Crippen molar-refractivity contribution in [3.63, 3.8) is 0 Å². The highest BCUT2D eigenvalue weighted by Crippen LogP contribution is 2.22. The number of aryl methyl sites for hydroxylation is 2. The zero-order chi connectivity index (χ0) is 22.6. The van der Waals surface area contributed by atoms with Gasteiger partial charge in [-0.3, -0.25) is 9.59 Å². The van der Waals surface area contributed by atoms with Gasteiger partial charge < -0.3 is 15.1 Å². The highest BCUT2D eigenvalue weighted by atomic mass is 16.4. The van der Waals surface area contributed by atoms with Gasteiger partial charge in [0.05, 0.1) is 0 Å². The number of nitrogens with one attached hydrogen (secondary N) is 2. The number of amides is 2. The first-order valence-corrected chi connectivity index (χ1v) is 10.3. The second-order valence-corrected chi connectivity index (χ2v) is 8.99. The summed E-state index contributed by atoms with van der Waals surface area (Å²) in [5.41, 5.74) is 3.15. The standard InChI is InChI=1S/C25H28N2O4/c1-16-13-24(30)31-21-14-19(10-11-20(16)21)27-22(28)12-7-17-5-8-18(9-6-17)26-23(29)15-25(2,3)4/h5-6,8-11,13-14H,7,12,15H2,1-4H3,(H,26,29)(H,27,28). The minimum absolute atomic E-state index is 0.0129. The van der Waals surface area contributed by atoms with Gasteiger partial charge in [-0.25, -0.2) is 4.79 Å². The van der Waals surface area contributed by atoms with E-state index in [2.05, 4.69) is 10.6 Å². The topological polar surface area (TPSA) is 88.4 Å². The number of anilines is 2. The van der Waals surface area contributed by atoms with E-state index in [1.807, 2.05) is 58.0 Å². The molecule has 0 bridgehead atoms. The minimum atomic E-state index is -0.411. The number of fused-ring (bicyclic) bond motifs is 1. The normalized spacial score (nSPS) is 11.4. The smallest absolute Gasteiger partial charge is 0.336 e. The number of hydrogen-bond acceptors (Lipinski definition) is 4. The van der Waals surface area contributed by atoms with Crippen LogP contribution in [0.25, 0.3) is 11.0 Å². The fraction of sp³-hybridized carbons (Fsp3) is 0.320. The fourth-order valence-corrected chi connectivity index (χ4v) is 3.33. The molecule has 2 amide bonds. The van der Waals surface area contributed by atoms with E-state index in [0.717, 1.165) is 22.2 Å². The molecule has 2 N–H and O–H groups in total. The lowest BCUT2D eigenvalue weighted by atomic mass is 9.92. The molecule has 0 aliphatic heterocycles. The Kier molecular flexibility index (Phi) is 6.59. The van der Waals surface area contributed by atoms with Crippen LogP contribution in [0.3, 0.4) is 0 Å². The maximum absolute atomic E-state index is 12.3. The Labute approximate surface area is 181 Å². The highest BCUT2D eigenvalue weighted by Gasteiger charge is 2.16. The van der Waals surface area contributed by atoms with E-state index in [1.165, 1.54) is 6.07 Å². The van der Waals surface area contributed by atoms with Crippen LogP contribution in [-0.2, 0) is 16.0 Å². The predicted molar refractivity (Wildman–Crippen MR) is 123 cm³/mol. The van der Waals surface area contributed by atoms with Crippen molar-refractivity contribution in [2.75, 3.05) is 10.6 Å². The van der Waals surface area contributed by atoms with Crippen molar-refractivity contribution in [3.05, 3.63) is 70.1 Å². The first-order chi connectivity index (χ1) is 14.6. The van der Waals surface area contributed by atoms with E-state index in [0.29, 0.717) is 30.5 Å². The molecule has 3 rings (SSSR count). The van der Waals surface area contributed by atoms with Crippen LogP contribution in [-0.4, -0.2) is 11.8 Å². The summed E-state index contributed by atoms with van der Waals surface area (Å²) in [6.45, 7) is 7.92. The molecule has 0 saturated heterocycles. The van der Waals surface area contributed by atoms with Crippen LogP contribution in [0.5, 0.6) is 0 Å². The van der Waals surface area contributed by atoms with Gasteiger partial charge in [0.2, 0.25) is 11.8 Å². The maximum Gasteiger partial charge on any atom is 0.336 e. The van der Waals surface area contributed by atoms with Gasteiger partial charge in [-0.15, -0.1) is 0 Å². The van der Waals surface area contributed by atoms with Crippen LogP contribution < -0.4 is 16.3 Å². The van der Waals surface area contributed by atoms with E-state index in [-0.39, 0.29) is 17.2 Å². The lowest BCUT2D eigenvalue weighted by molar-refractivity contribution is -0.118. The van der Waals surface area contributed by atoms with E-state index >= 15 is 0 Å². The summed E-state index contributed by atoms with van der Waals surface area (Å²) in [7, 11) is 0. The molecule has 0 aliphatic carbocycles. The predicted octanol–water partition coefficient (Wildman–Crippen LogP) is 5.05. The summed E-state index contributed by atoms with van der Waals surface area (Å²) < 4.78 is 5.22. The third kappa shape index (κ3) is 6.54. The molecule has 0 fully saturated rings. The number of hydrogen-bond donors (Lipinski definition) is 2. The van der Waals surface area contributed by atoms with Crippen LogP contribution in [0.1, 0.15) is 44.7 Å². The Bertz CT molecular complexity index is 1150. The SMILES string of the molecule is Cc1cc(=O)oc2cc(NC(=O)CCc3ccc(NC(=O)CC(C)(C)C)cc3)ccc12. The Balaban J connectivity index is 1.54. The summed E-state index contributed by atoms with van der Waals surface area (Å²) in [6.07, 6.45) is 1.34. The number of rotatable bonds is 6. The molecule has 3 aromatic rings. The van der Waals surface area contributed by atoms with Gasteiger partial charge >= 0.3 is 5.63 Å². The molecule has 1 heterocycles. The van der Waals surface area contributed by atoms with Gasteiger partial charge in [0.15, 0.2) is 0 Å². The van der Waals surface area contributed by atoms with Crippen molar-refractivity contribution in [3.8, 4) is 0 Å². The van der Waals surface area contributed by atoms with Crippen molar-refractivity contribution < 1.29 is 14.0 Å². The third-order valence-corrected chi connectivity index (χ3v) is 4.80. The summed E-state index contributed by atoms with van der Waals surface area (Å²) in [4.78, 5) is 35.9.